The van der Waals surface area contributed by atoms with Gasteiger partial charge in [-0.3, -0.25) is 4.79 Å². The molecule has 1 fully saturated rings. The Labute approximate surface area is 187 Å². The Morgan fingerprint density at radius 3 is 2.58 bits per heavy atom. The second-order valence-electron chi connectivity index (χ2n) is 7.62. The molecule has 0 saturated carbocycles. The van der Waals surface area contributed by atoms with Crippen LogP contribution in [0.4, 0.5) is 17.5 Å². The smallest absolute Gasteiger partial charge is 0.223 e. The molecule has 160 valence electrons. The highest BCUT2D eigenvalue weighted by molar-refractivity contribution is 6.30. The number of pyridine rings is 1. The van der Waals surface area contributed by atoms with Crippen LogP contribution in [0.5, 0.6) is 0 Å². The molecular formula is C23H25ClN6O. The van der Waals surface area contributed by atoms with E-state index in [9.17, 15) is 4.79 Å². The molecule has 7 nitrogen and oxygen atoms in total. The number of nitrogens with zero attached hydrogens (tertiary/aromatic N) is 5. The van der Waals surface area contributed by atoms with E-state index in [0.29, 0.717) is 36.8 Å². The van der Waals surface area contributed by atoms with E-state index in [4.69, 9.17) is 11.6 Å². The van der Waals surface area contributed by atoms with Crippen molar-refractivity contribution in [2.45, 2.75) is 19.8 Å². The predicted molar refractivity (Wildman–Crippen MR) is 123 cm³/mol. The van der Waals surface area contributed by atoms with Crippen molar-refractivity contribution in [2.75, 3.05) is 36.4 Å². The minimum atomic E-state index is 0.177. The van der Waals surface area contributed by atoms with Crippen molar-refractivity contribution < 1.29 is 4.79 Å². The van der Waals surface area contributed by atoms with Crippen LogP contribution in [-0.4, -0.2) is 52.2 Å². The van der Waals surface area contributed by atoms with E-state index in [1.807, 2.05) is 60.4 Å². The summed E-state index contributed by atoms with van der Waals surface area (Å²) in [6.45, 7) is 4.86. The van der Waals surface area contributed by atoms with Crippen LogP contribution in [0.1, 0.15) is 17.5 Å². The predicted octanol–water partition coefficient (Wildman–Crippen LogP) is 3.86. The molecule has 1 aromatic carbocycles. The zero-order chi connectivity index (χ0) is 21.6. The third-order valence-corrected chi connectivity index (χ3v) is 5.53. The normalized spacial score (nSPS) is 13.9. The molecule has 0 spiro atoms. The molecule has 0 radical (unpaired) electrons. The first-order chi connectivity index (χ1) is 15.1. The van der Waals surface area contributed by atoms with Gasteiger partial charge in [0.15, 0.2) is 11.6 Å². The number of hydrogen-bond acceptors (Lipinski definition) is 6. The summed E-state index contributed by atoms with van der Waals surface area (Å²) in [4.78, 5) is 20.9. The highest BCUT2D eigenvalue weighted by atomic mass is 35.5. The van der Waals surface area contributed by atoms with Gasteiger partial charge in [0.2, 0.25) is 5.91 Å². The lowest BCUT2D eigenvalue weighted by Crippen LogP contribution is -2.49. The second-order valence-corrected chi connectivity index (χ2v) is 8.05. The van der Waals surface area contributed by atoms with Gasteiger partial charge in [-0.2, -0.15) is 0 Å². The van der Waals surface area contributed by atoms with Crippen LogP contribution in [0.25, 0.3) is 0 Å². The first-order valence-corrected chi connectivity index (χ1v) is 10.8. The maximum absolute atomic E-state index is 12.6. The number of benzene rings is 1. The Morgan fingerprint density at radius 2 is 1.87 bits per heavy atom. The first-order valence-electron chi connectivity index (χ1n) is 10.4. The lowest BCUT2D eigenvalue weighted by atomic mass is 10.1. The Bertz CT molecular complexity index is 1030. The van der Waals surface area contributed by atoms with Crippen LogP contribution in [0.3, 0.4) is 0 Å². The van der Waals surface area contributed by atoms with Gasteiger partial charge in [-0.15, -0.1) is 10.2 Å². The van der Waals surface area contributed by atoms with Crippen LogP contribution < -0.4 is 10.2 Å². The van der Waals surface area contributed by atoms with Crippen molar-refractivity contribution in [2.24, 2.45) is 0 Å². The summed E-state index contributed by atoms with van der Waals surface area (Å²) in [6.07, 6.45) is 2.96. The molecule has 2 aromatic heterocycles. The number of aryl methyl sites for hydroxylation is 2. The number of piperazine rings is 1. The average Bonchev–Trinajstić information content (AvgIpc) is 2.78. The van der Waals surface area contributed by atoms with Crippen LogP contribution in [0, 0.1) is 6.92 Å². The summed E-state index contributed by atoms with van der Waals surface area (Å²) in [7, 11) is 0. The van der Waals surface area contributed by atoms with Gasteiger partial charge in [0, 0.05) is 43.8 Å². The summed E-state index contributed by atoms with van der Waals surface area (Å²) < 4.78 is 0. The van der Waals surface area contributed by atoms with E-state index in [1.165, 1.54) is 0 Å². The Hall–Kier alpha value is -3.19. The minimum Gasteiger partial charge on any atom is -0.352 e. The zero-order valence-electron chi connectivity index (χ0n) is 17.5. The Kier molecular flexibility index (Phi) is 6.62. The zero-order valence-corrected chi connectivity index (χ0v) is 18.2. The van der Waals surface area contributed by atoms with Gasteiger partial charge in [0.05, 0.1) is 0 Å². The van der Waals surface area contributed by atoms with Gasteiger partial charge in [0.25, 0.3) is 0 Å². The first kappa shape index (κ1) is 21.1. The van der Waals surface area contributed by atoms with Crippen molar-refractivity contribution >= 4 is 35.0 Å². The van der Waals surface area contributed by atoms with E-state index in [1.54, 1.807) is 6.20 Å². The van der Waals surface area contributed by atoms with E-state index < -0.39 is 0 Å². The third-order valence-electron chi connectivity index (χ3n) is 5.29. The van der Waals surface area contributed by atoms with Crippen molar-refractivity contribution in [1.29, 1.82) is 0 Å². The van der Waals surface area contributed by atoms with Crippen LogP contribution in [0.15, 0.2) is 54.7 Å². The molecule has 1 N–H and O–H groups in total. The molecule has 31 heavy (non-hydrogen) atoms. The number of aromatic nitrogens is 3. The fraction of sp³-hybridized carbons (Fsp3) is 0.304. The number of carbonyl (C=O) groups excluding carboxylic acids is 1. The second kappa shape index (κ2) is 9.75. The topological polar surface area (TPSA) is 74.2 Å². The molecule has 8 heteroatoms. The monoisotopic (exact) mass is 436 g/mol. The van der Waals surface area contributed by atoms with Gasteiger partial charge in [-0.25, -0.2) is 4.98 Å². The lowest BCUT2D eigenvalue weighted by Gasteiger charge is -2.35. The molecule has 0 bridgehead atoms. The highest BCUT2D eigenvalue weighted by Crippen LogP contribution is 2.18. The quantitative estimate of drug-likeness (QED) is 0.632. The molecule has 1 aliphatic heterocycles. The summed E-state index contributed by atoms with van der Waals surface area (Å²) in [5, 5.41) is 12.5. The van der Waals surface area contributed by atoms with Gasteiger partial charge >= 0.3 is 0 Å². The fourth-order valence-electron chi connectivity index (χ4n) is 3.58. The maximum Gasteiger partial charge on any atom is 0.223 e. The van der Waals surface area contributed by atoms with E-state index >= 15 is 0 Å². The van der Waals surface area contributed by atoms with Gasteiger partial charge in [0.1, 0.15) is 5.82 Å². The largest absolute Gasteiger partial charge is 0.352 e. The number of carbonyl (C=O) groups is 1. The maximum atomic E-state index is 12.6. The summed E-state index contributed by atoms with van der Waals surface area (Å²) >= 11 is 6.02. The fourth-order valence-corrected chi connectivity index (χ4v) is 3.80. The van der Waals surface area contributed by atoms with Crippen LogP contribution in [-0.2, 0) is 11.2 Å². The summed E-state index contributed by atoms with van der Waals surface area (Å²) in [6, 6.07) is 15.4. The van der Waals surface area contributed by atoms with E-state index in [2.05, 4.69) is 25.4 Å². The molecule has 0 atom stereocenters. The van der Waals surface area contributed by atoms with Crippen LogP contribution in [0.2, 0.25) is 5.02 Å². The Morgan fingerprint density at radius 1 is 1.03 bits per heavy atom. The Balaban J connectivity index is 1.26. The van der Waals surface area contributed by atoms with Crippen LogP contribution >= 0.6 is 11.6 Å². The number of halogens is 1. The molecule has 1 aliphatic rings. The van der Waals surface area contributed by atoms with E-state index in [0.717, 1.165) is 35.9 Å². The number of amides is 1. The molecule has 0 unspecified atom stereocenters. The molecule has 3 heterocycles. The van der Waals surface area contributed by atoms with Crippen molar-refractivity contribution in [3.63, 3.8) is 0 Å². The number of rotatable bonds is 6. The highest BCUT2D eigenvalue weighted by Gasteiger charge is 2.22. The molecule has 1 amide bonds. The SMILES string of the molecule is Cc1ccnc(Nc2ccc(N3CCN(C(=O)CCc4cccc(Cl)c4)CC3)nn2)c1. The molecule has 0 aliphatic carbocycles. The minimum absolute atomic E-state index is 0.177. The van der Waals surface area contributed by atoms with Crippen molar-refractivity contribution in [3.8, 4) is 0 Å². The molecule has 4 rings (SSSR count). The third kappa shape index (κ3) is 5.70. The summed E-state index contributed by atoms with van der Waals surface area (Å²) in [5.41, 5.74) is 2.21. The van der Waals surface area contributed by atoms with E-state index in [-0.39, 0.29) is 5.91 Å². The van der Waals surface area contributed by atoms with Gasteiger partial charge in [-0.05, 0) is 60.9 Å². The van der Waals surface area contributed by atoms with Gasteiger partial charge in [-0.1, -0.05) is 23.7 Å². The standard InChI is InChI=1S/C23H25ClN6O/c1-17-9-10-25-21(15-17)26-20-6-7-22(28-27-20)29-11-13-30(14-12-29)23(31)8-5-18-3-2-4-19(24)16-18/h2-4,6-7,9-10,15-16H,5,8,11-14H2,1H3,(H,25,26,27). The summed E-state index contributed by atoms with van der Waals surface area (Å²) in [5.74, 6) is 2.38. The molecular weight excluding hydrogens is 412 g/mol. The van der Waals surface area contributed by atoms with Gasteiger partial charge < -0.3 is 15.1 Å². The number of hydrogen-bond donors (Lipinski definition) is 1. The molecule has 1 saturated heterocycles. The number of nitrogens with one attached hydrogen (secondary N) is 1. The lowest BCUT2D eigenvalue weighted by molar-refractivity contribution is -0.131. The number of anilines is 3. The average molecular weight is 437 g/mol. The van der Waals surface area contributed by atoms with Crippen molar-refractivity contribution in [1.82, 2.24) is 20.1 Å². The molecule has 3 aromatic rings. The van der Waals surface area contributed by atoms with Crippen molar-refractivity contribution in [3.05, 3.63) is 70.9 Å².